The predicted octanol–water partition coefficient (Wildman–Crippen LogP) is 2.36. The lowest BCUT2D eigenvalue weighted by Gasteiger charge is -2.50. The zero-order chi connectivity index (χ0) is 18.6. The minimum atomic E-state index is -1.65. The van der Waals surface area contributed by atoms with Gasteiger partial charge in [-0.3, -0.25) is 4.79 Å². The number of aliphatic hydroxyl groups excluding tert-OH is 1. The van der Waals surface area contributed by atoms with Crippen LogP contribution >= 0.6 is 15.9 Å². The number of carbonyl (C=O) groups is 1. The monoisotopic (exact) mass is 410 g/mol. The first-order valence-corrected chi connectivity index (χ1v) is 9.91. The van der Waals surface area contributed by atoms with Gasteiger partial charge >= 0.3 is 0 Å². The molecule has 138 valence electrons. The molecule has 2 fully saturated rings. The number of hydrogen-bond donors (Lipinski definition) is 3. The van der Waals surface area contributed by atoms with Gasteiger partial charge in [0.05, 0.1) is 12.2 Å². The predicted molar refractivity (Wildman–Crippen MR) is 98.1 cm³/mol. The Morgan fingerprint density at radius 3 is 2.52 bits per heavy atom. The van der Waals surface area contributed by atoms with E-state index >= 15 is 0 Å². The lowest BCUT2D eigenvalue weighted by atomic mass is 9.60. The van der Waals surface area contributed by atoms with Crippen molar-refractivity contribution in [2.24, 2.45) is 29.1 Å². The highest BCUT2D eigenvalue weighted by atomic mass is 79.9. The lowest BCUT2D eigenvalue weighted by molar-refractivity contribution is -0.167. The van der Waals surface area contributed by atoms with Crippen LogP contribution in [-0.2, 0) is 4.79 Å². The summed E-state index contributed by atoms with van der Waals surface area (Å²) in [5.74, 6) is -1.04. The molecular formula is C20H27BrO4. The highest BCUT2D eigenvalue weighted by molar-refractivity contribution is 9.10. The van der Waals surface area contributed by atoms with E-state index < -0.39 is 17.1 Å². The van der Waals surface area contributed by atoms with Gasteiger partial charge in [-0.2, -0.15) is 0 Å². The van der Waals surface area contributed by atoms with Crippen LogP contribution < -0.4 is 0 Å². The van der Waals surface area contributed by atoms with Gasteiger partial charge in [-0.1, -0.05) is 48.9 Å². The van der Waals surface area contributed by atoms with Crippen molar-refractivity contribution >= 4 is 21.7 Å². The van der Waals surface area contributed by atoms with Gasteiger partial charge in [0.1, 0.15) is 5.60 Å². The molecule has 0 aliphatic heterocycles. The molecule has 3 N–H and O–H groups in total. The summed E-state index contributed by atoms with van der Waals surface area (Å²) >= 11 is 3.94. The van der Waals surface area contributed by atoms with Crippen LogP contribution in [0.2, 0.25) is 0 Å². The third-order valence-electron chi connectivity index (χ3n) is 7.84. The first kappa shape index (κ1) is 17.9. The van der Waals surface area contributed by atoms with E-state index in [-0.39, 0.29) is 46.3 Å². The molecule has 0 amide bonds. The Hall–Kier alpha value is -0.490. The topological polar surface area (TPSA) is 77.8 Å². The fraction of sp³-hybridized carbons (Fsp3) is 0.750. The molecular weight excluding hydrogens is 384 g/mol. The maximum absolute atomic E-state index is 12.7. The molecule has 0 saturated heterocycles. The van der Waals surface area contributed by atoms with Gasteiger partial charge in [0, 0.05) is 22.6 Å². The molecule has 0 bridgehead atoms. The zero-order valence-corrected chi connectivity index (χ0v) is 16.8. The number of rotatable bonds is 1. The normalized spacial score (nSPS) is 53.2. The number of hydrogen-bond acceptors (Lipinski definition) is 4. The second-order valence-electron chi connectivity index (χ2n) is 9.32. The number of fused-ring (bicyclic) bond motifs is 5. The first-order valence-electron chi connectivity index (χ1n) is 9.12. The van der Waals surface area contributed by atoms with Crippen LogP contribution in [0.1, 0.15) is 40.5 Å². The van der Waals surface area contributed by atoms with Crippen molar-refractivity contribution in [1.29, 1.82) is 0 Å². The van der Waals surface area contributed by atoms with Crippen molar-refractivity contribution in [1.82, 2.24) is 0 Å². The summed E-state index contributed by atoms with van der Waals surface area (Å²) in [7, 11) is 0. The van der Waals surface area contributed by atoms with E-state index in [0.717, 1.165) is 6.42 Å². The standard InChI is InChI=1S/C20H27BrO4/c1-10-5-14-18(24,16(10)23)8-12(9-22)6-13-15-17(3,4)19(15,21)7-11(2)20(13,14)25/h5-6,11,13-15,22,24-25H,7-9H2,1-4H3/t11-,13+,14-,15+,18-,19+,20-/m1/s1. The van der Waals surface area contributed by atoms with Crippen LogP contribution in [0.25, 0.3) is 0 Å². The summed E-state index contributed by atoms with van der Waals surface area (Å²) in [6.45, 7) is 7.93. The molecule has 4 rings (SSSR count). The van der Waals surface area contributed by atoms with E-state index in [0.29, 0.717) is 11.1 Å². The van der Waals surface area contributed by atoms with Gasteiger partial charge in [-0.25, -0.2) is 0 Å². The first-order chi connectivity index (χ1) is 11.4. The molecule has 5 heteroatoms. The van der Waals surface area contributed by atoms with E-state index in [9.17, 15) is 20.1 Å². The van der Waals surface area contributed by atoms with Crippen molar-refractivity contribution in [3.05, 3.63) is 23.3 Å². The molecule has 0 aromatic heterocycles. The number of halogens is 1. The Kier molecular flexibility index (Phi) is 3.48. The van der Waals surface area contributed by atoms with E-state index in [4.69, 9.17) is 0 Å². The van der Waals surface area contributed by atoms with Crippen LogP contribution in [0.3, 0.4) is 0 Å². The largest absolute Gasteiger partial charge is 0.392 e. The second-order valence-corrected chi connectivity index (χ2v) is 10.7. The molecule has 4 aliphatic rings. The van der Waals surface area contributed by atoms with E-state index in [1.54, 1.807) is 13.0 Å². The van der Waals surface area contributed by atoms with Crippen LogP contribution in [-0.4, -0.2) is 43.2 Å². The highest BCUT2D eigenvalue weighted by Crippen LogP contribution is 2.78. The molecule has 0 spiro atoms. The Morgan fingerprint density at radius 2 is 1.92 bits per heavy atom. The van der Waals surface area contributed by atoms with Crippen molar-refractivity contribution in [2.45, 2.75) is 56.1 Å². The molecule has 0 aromatic rings. The summed E-state index contributed by atoms with van der Waals surface area (Å²) in [6.07, 6.45) is 4.62. The van der Waals surface area contributed by atoms with Crippen molar-refractivity contribution in [2.75, 3.05) is 6.61 Å². The Labute approximate surface area is 157 Å². The number of ketones is 1. The van der Waals surface area contributed by atoms with E-state index in [2.05, 4.69) is 29.8 Å². The van der Waals surface area contributed by atoms with Crippen molar-refractivity contribution < 1.29 is 20.1 Å². The average Bonchev–Trinajstić information content (AvgIpc) is 2.90. The molecule has 0 aromatic carbocycles. The summed E-state index contributed by atoms with van der Waals surface area (Å²) < 4.78 is -0.0444. The average molecular weight is 411 g/mol. The van der Waals surface area contributed by atoms with Crippen LogP contribution in [0.5, 0.6) is 0 Å². The third-order valence-corrected chi connectivity index (χ3v) is 9.68. The maximum atomic E-state index is 12.7. The number of Topliss-reactive ketones (excluding diaryl/α,β-unsaturated/α-hetero) is 1. The minimum absolute atomic E-state index is 0.0112. The smallest absolute Gasteiger partial charge is 0.190 e. The molecule has 7 atom stereocenters. The maximum Gasteiger partial charge on any atom is 0.190 e. The Morgan fingerprint density at radius 1 is 1.28 bits per heavy atom. The molecule has 4 nitrogen and oxygen atoms in total. The summed E-state index contributed by atoms with van der Waals surface area (Å²) in [5.41, 5.74) is -1.68. The Bertz CT molecular complexity index is 725. The number of aliphatic hydroxyl groups is 3. The van der Waals surface area contributed by atoms with Gasteiger partial charge in [0.15, 0.2) is 5.78 Å². The number of carbonyl (C=O) groups excluding carboxylic acids is 1. The summed E-state index contributed by atoms with van der Waals surface area (Å²) in [5, 5.41) is 33.1. The van der Waals surface area contributed by atoms with Crippen LogP contribution in [0, 0.1) is 29.1 Å². The molecule has 0 radical (unpaired) electrons. The van der Waals surface area contributed by atoms with Crippen molar-refractivity contribution in [3.8, 4) is 0 Å². The Balaban J connectivity index is 1.92. The summed E-state index contributed by atoms with van der Waals surface area (Å²) in [6, 6.07) is 0. The lowest BCUT2D eigenvalue weighted by Crippen LogP contribution is -2.60. The molecule has 2 saturated carbocycles. The second kappa shape index (κ2) is 4.86. The zero-order valence-electron chi connectivity index (χ0n) is 15.2. The molecule has 4 aliphatic carbocycles. The van der Waals surface area contributed by atoms with Gasteiger partial charge < -0.3 is 15.3 Å². The number of alkyl halides is 1. The van der Waals surface area contributed by atoms with E-state index in [1.165, 1.54) is 0 Å². The minimum Gasteiger partial charge on any atom is -0.392 e. The van der Waals surface area contributed by atoms with Crippen molar-refractivity contribution in [3.63, 3.8) is 0 Å². The molecule has 0 heterocycles. The SMILES string of the molecule is CC1=C[C@H]2[C@@]3(O)[C@H](C)C[C@]4(Br)[C@@H]([C@@H]3C=C(CO)C[C@]2(O)C1=O)C4(C)C. The quantitative estimate of drug-likeness (QED) is 0.457. The van der Waals surface area contributed by atoms with Gasteiger partial charge in [0.2, 0.25) is 0 Å². The summed E-state index contributed by atoms with van der Waals surface area (Å²) in [4.78, 5) is 12.7. The van der Waals surface area contributed by atoms with Crippen LogP contribution in [0.15, 0.2) is 23.3 Å². The highest BCUT2D eigenvalue weighted by Gasteiger charge is 2.79. The van der Waals surface area contributed by atoms with Gasteiger partial charge in [-0.05, 0) is 41.7 Å². The molecule has 25 heavy (non-hydrogen) atoms. The fourth-order valence-corrected chi connectivity index (χ4v) is 7.81. The van der Waals surface area contributed by atoms with Gasteiger partial charge in [-0.15, -0.1) is 0 Å². The van der Waals surface area contributed by atoms with E-state index in [1.807, 2.05) is 13.0 Å². The molecule has 0 unspecified atom stereocenters. The van der Waals surface area contributed by atoms with Gasteiger partial charge in [0.25, 0.3) is 0 Å². The fourth-order valence-electron chi connectivity index (χ4n) is 6.33. The van der Waals surface area contributed by atoms with Crippen LogP contribution in [0.4, 0.5) is 0 Å². The third kappa shape index (κ3) is 1.86.